The monoisotopic (exact) mass is 261 g/mol. The van der Waals surface area contributed by atoms with Gasteiger partial charge in [-0.05, 0) is 31.4 Å². The Morgan fingerprint density at radius 2 is 1.95 bits per heavy atom. The lowest BCUT2D eigenvalue weighted by Crippen LogP contribution is -2.38. The third-order valence-electron chi connectivity index (χ3n) is 4.25. The highest BCUT2D eigenvalue weighted by atomic mass is 16.4. The fraction of sp³-hybridized carbons (Fsp3) is 0.562. The fourth-order valence-corrected chi connectivity index (χ4v) is 3.30. The predicted octanol–water partition coefficient (Wildman–Crippen LogP) is 3.18. The van der Waals surface area contributed by atoms with E-state index in [1.807, 2.05) is 13.0 Å². The first-order chi connectivity index (χ1) is 9.02. The normalized spacial score (nSPS) is 25.7. The zero-order chi connectivity index (χ0) is 14.0. The standard InChI is InChI=1S/C16H23NO2/c1-11(2)15(13-7-5-4-6-8-13)17-10-9-14(12(17)3)16(18)19/h4-8,11-12,14-15H,9-10H2,1-3H3,(H,18,19). The van der Waals surface area contributed by atoms with Crippen LogP contribution in [0.1, 0.15) is 38.8 Å². The van der Waals surface area contributed by atoms with Crippen molar-refractivity contribution in [1.29, 1.82) is 0 Å². The van der Waals surface area contributed by atoms with E-state index >= 15 is 0 Å². The molecule has 0 aromatic heterocycles. The molecule has 1 aliphatic heterocycles. The molecule has 0 saturated carbocycles. The van der Waals surface area contributed by atoms with Crippen LogP contribution in [0.4, 0.5) is 0 Å². The third-order valence-corrected chi connectivity index (χ3v) is 4.25. The van der Waals surface area contributed by atoms with Gasteiger partial charge in [-0.1, -0.05) is 44.2 Å². The molecule has 3 heteroatoms. The van der Waals surface area contributed by atoms with Crippen LogP contribution >= 0.6 is 0 Å². The van der Waals surface area contributed by atoms with Gasteiger partial charge in [0.25, 0.3) is 0 Å². The van der Waals surface area contributed by atoms with Crippen molar-refractivity contribution in [2.45, 2.75) is 39.3 Å². The van der Waals surface area contributed by atoms with Gasteiger partial charge < -0.3 is 5.11 Å². The summed E-state index contributed by atoms with van der Waals surface area (Å²) in [6, 6.07) is 10.8. The Kier molecular flexibility index (Phi) is 4.25. The molecule has 0 bridgehead atoms. The molecule has 1 heterocycles. The highest BCUT2D eigenvalue weighted by Crippen LogP contribution is 2.36. The minimum absolute atomic E-state index is 0.102. The Labute approximate surface area is 115 Å². The van der Waals surface area contributed by atoms with Gasteiger partial charge >= 0.3 is 5.97 Å². The number of aliphatic carboxylic acids is 1. The van der Waals surface area contributed by atoms with Gasteiger partial charge in [-0.25, -0.2) is 0 Å². The van der Waals surface area contributed by atoms with E-state index < -0.39 is 5.97 Å². The summed E-state index contributed by atoms with van der Waals surface area (Å²) in [7, 11) is 0. The summed E-state index contributed by atoms with van der Waals surface area (Å²) >= 11 is 0. The van der Waals surface area contributed by atoms with Gasteiger partial charge in [-0.3, -0.25) is 9.69 Å². The lowest BCUT2D eigenvalue weighted by molar-refractivity contribution is -0.142. The van der Waals surface area contributed by atoms with Crippen LogP contribution in [0.25, 0.3) is 0 Å². The average molecular weight is 261 g/mol. The zero-order valence-corrected chi connectivity index (χ0v) is 11.9. The summed E-state index contributed by atoms with van der Waals surface area (Å²) in [4.78, 5) is 13.6. The minimum atomic E-state index is -0.662. The lowest BCUT2D eigenvalue weighted by Gasteiger charge is -2.35. The zero-order valence-electron chi connectivity index (χ0n) is 11.9. The Bertz CT molecular complexity index is 430. The molecule has 0 aliphatic carbocycles. The number of benzene rings is 1. The first-order valence-corrected chi connectivity index (χ1v) is 7.06. The van der Waals surface area contributed by atoms with Crippen molar-refractivity contribution in [1.82, 2.24) is 4.90 Å². The number of carbonyl (C=O) groups is 1. The van der Waals surface area contributed by atoms with Crippen LogP contribution < -0.4 is 0 Å². The lowest BCUT2D eigenvalue weighted by atomic mass is 9.93. The molecule has 104 valence electrons. The molecule has 0 radical (unpaired) electrons. The topological polar surface area (TPSA) is 40.5 Å². The van der Waals surface area contributed by atoms with E-state index in [2.05, 4.69) is 43.0 Å². The summed E-state index contributed by atoms with van der Waals surface area (Å²) in [5, 5.41) is 9.27. The van der Waals surface area contributed by atoms with Gasteiger partial charge in [0, 0.05) is 12.1 Å². The molecule has 1 aromatic rings. The number of likely N-dealkylation sites (tertiary alicyclic amines) is 1. The first-order valence-electron chi connectivity index (χ1n) is 7.06. The van der Waals surface area contributed by atoms with Crippen LogP contribution in [0.3, 0.4) is 0 Å². The van der Waals surface area contributed by atoms with E-state index in [0.717, 1.165) is 13.0 Å². The Hall–Kier alpha value is -1.35. The number of carboxylic acids is 1. The van der Waals surface area contributed by atoms with E-state index in [1.165, 1.54) is 5.56 Å². The van der Waals surface area contributed by atoms with Crippen LogP contribution in [-0.4, -0.2) is 28.6 Å². The molecule has 3 unspecified atom stereocenters. The third kappa shape index (κ3) is 2.81. The molecule has 0 amide bonds. The van der Waals surface area contributed by atoms with Crippen molar-refractivity contribution in [3.05, 3.63) is 35.9 Å². The van der Waals surface area contributed by atoms with Gasteiger partial charge in [0.2, 0.25) is 0 Å². The van der Waals surface area contributed by atoms with Crippen LogP contribution in [0.5, 0.6) is 0 Å². The maximum absolute atomic E-state index is 11.3. The molecule has 1 N–H and O–H groups in total. The maximum atomic E-state index is 11.3. The summed E-state index contributed by atoms with van der Waals surface area (Å²) in [5.41, 5.74) is 1.29. The van der Waals surface area contributed by atoms with Gasteiger partial charge in [-0.2, -0.15) is 0 Å². The quantitative estimate of drug-likeness (QED) is 0.905. The maximum Gasteiger partial charge on any atom is 0.308 e. The van der Waals surface area contributed by atoms with Gasteiger partial charge in [0.15, 0.2) is 0 Å². The van der Waals surface area contributed by atoms with Crippen molar-refractivity contribution in [2.24, 2.45) is 11.8 Å². The number of rotatable bonds is 4. The Morgan fingerprint density at radius 3 is 2.42 bits per heavy atom. The largest absolute Gasteiger partial charge is 0.481 e. The van der Waals surface area contributed by atoms with Crippen molar-refractivity contribution >= 4 is 5.97 Å². The molecule has 0 spiro atoms. The SMILES string of the molecule is CC(C)C(c1ccccc1)N1CCC(C(=O)O)C1C. The van der Waals surface area contributed by atoms with Crippen LogP contribution in [0.15, 0.2) is 30.3 Å². The summed E-state index contributed by atoms with van der Waals surface area (Å²) in [6.07, 6.45) is 0.757. The van der Waals surface area contributed by atoms with Crippen LogP contribution in [0, 0.1) is 11.8 Å². The molecule has 19 heavy (non-hydrogen) atoms. The molecular weight excluding hydrogens is 238 g/mol. The summed E-state index contributed by atoms with van der Waals surface area (Å²) in [6.45, 7) is 7.33. The van der Waals surface area contributed by atoms with Gasteiger partial charge in [0.05, 0.1) is 5.92 Å². The Morgan fingerprint density at radius 1 is 1.32 bits per heavy atom. The summed E-state index contributed by atoms with van der Waals surface area (Å²) in [5.74, 6) is -0.423. The predicted molar refractivity (Wildman–Crippen MR) is 75.9 cm³/mol. The van der Waals surface area contributed by atoms with E-state index in [9.17, 15) is 9.90 Å². The second kappa shape index (κ2) is 5.74. The highest BCUT2D eigenvalue weighted by molar-refractivity contribution is 5.71. The van der Waals surface area contributed by atoms with Gasteiger partial charge in [-0.15, -0.1) is 0 Å². The van der Waals surface area contributed by atoms with Crippen molar-refractivity contribution < 1.29 is 9.90 Å². The van der Waals surface area contributed by atoms with E-state index in [4.69, 9.17) is 0 Å². The van der Waals surface area contributed by atoms with Crippen molar-refractivity contribution in [3.63, 3.8) is 0 Å². The molecule has 2 rings (SSSR count). The minimum Gasteiger partial charge on any atom is -0.481 e. The molecule has 3 atom stereocenters. The second-order valence-electron chi connectivity index (χ2n) is 5.81. The van der Waals surface area contributed by atoms with E-state index in [0.29, 0.717) is 12.0 Å². The van der Waals surface area contributed by atoms with Crippen LogP contribution in [-0.2, 0) is 4.79 Å². The number of carboxylic acid groups (broad SMARTS) is 1. The van der Waals surface area contributed by atoms with Gasteiger partial charge in [0.1, 0.15) is 0 Å². The summed E-state index contributed by atoms with van der Waals surface area (Å²) < 4.78 is 0. The molecule has 1 fully saturated rings. The number of hydrogen-bond acceptors (Lipinski definition) is 2. The van der Waals surface area contributed by atoms with Crippen molar-refractivity contribution in [2.75, 3.05) is 6.54 Å². The number of nitrogens with zero attached hydrogens (tertiary/aromatic N) is 1. The van der Waals surface area contributed by atoms with E-state index in [-0.39, 0.29) is 12.0 Å². The second-order valence-corrected chi connectivity index (χ2v) is 5.81. The molecule has 1 saturated heterocycles. The Balaban J connectivity index is 2.25. The van der Waals surface area contributed by atoms with E-state index in [1.54, 1.807) is 0 Å². The van der Waals surface area contributed by atoms with Crippen molar-refractivity contribution in [3.8, 4) is 0 Å². The van der Waals surface area contributed by atoms with Crippen LogP contribution in [0.2, 0.25) is 0 Å². The molecule has 1 aliphatic rings. The smallest absolute Gasteiger partial charge is 0.308 e. The highest BCUT2D eigenvalue weighted by Gasteiger charge is 2.40. The molecule has 3 nitrogen and oxygen atoms in total. The average Bonchev–Trinajstić information content (AvgIpc) is 2.73. The number of hydrogen-bond donors (Lipinski definition) is 1. The molecule has 1 aromatic carbocycles. The molecular formula is C16H23NO2. The first kappa shape index (κ1) is 14.1. The fourth-order valence-electron chi connectivity index (χ4n) is 3.30.